The molecule has 2 heterocycles. The number of imide groups is 1. The second kappa shape index (κ2) is 4.83. The molecule has 0 aliphatic carbocycles. The first-order valence-electron chi connectivity index (χ1n) is 5.64. The zero-order valence-corrected chi connectivity index (χ0v) is 10.7. The summed E-state index contributed by atoms with van der Waals surface area (Å²) >= 11 is 1.45. The SMILES string of the molecule is CCCN1C(=O)CC(Nc2nc(C)cs2)C1=O. The van der Waals surface area contributed by atoms with Crippen LogP contribution in [-0.2, 0) is 9.59 Å². The first-order chi connectivity index (χ1) is 8.11. The summed E-state index contributed by atoms with van der Waals surface area (Å²) in [6, 6.07) is -0.445. The molecule has 2 rings (SSSR count). The molecule has 0 saturated carbocycles. The number of anilines is 1. The number of aryl methyl sites for hydroxylation is 1. The number of thiazole rings is 1. The van der Waals surface area contributed by atoms with Gasteiger partial charge in [-0.25, -0.2) is 4.98 Å². The lowest BCUT2D eigenvalue weighted by Crippen LogP contribution is -2.35. The minimum absolute atomic E-state index is 0.0948. The Morgan fingerprint density at radius 3 is 2.94 bits per heavy atom. The monoisotopic (exact) mass is 253 g/mol. The zero-order chi connectivity index (χ0) is 12.4. The molecule has 6 heteroatoms. The van der Waals surface area contributed by atoms with Crippen LogP contribution in [0.2, 0.25) is 0 Å². The van der Waals surface area contributed by atoms with Gasteiger partial charge in [0.05, 0.1) is 12.1 Å². The van der Waals surface area contributed by atoms with E-state index in [4.69, 9.17) is 0 Å². The number of carbonyl (C=O) groups excluding carboxylic acids is 2. The summed E-state index contributed by atoms with van der Waals surface area (Å²) in [6.07, 6.45) is 1.03. The molecule has 17 heavy (non-hydrogen) atoms. The van der Waals surface area contributed by atoms with E-state index in [1.807, 2.05) is 19.2 Å². The van der Waals surface area contributed by atoms with Crippen molar-refractivity contribution in [3.63, 3.8) is 0 Å². The number of rotatable bonds is 4. The molecule has 1 saturated heterocycles. The second-order valence-electron chi connectivity index (χ2n) is 4.08. The third kappa shape index (κ3) is 2.46. The van der Waals surface area contributed by atoms with Gasteiger partial charge in [-0.15, -0.1) is 11.3 Å². The summed E-state index contributed by atoms with van der Waals surface area (Å²) in [7, 11) is 0. The summed E-state index contributed by atoms with van der Waals surface area (Å²) in [5.74, 6) is -0.229. The van der Waals surface area contributed by atoms with Crippen LogP contribution >= 0.6 is 11.3 Å². The number of likely N-dealkylation sites (tertiary alicyclic amines) is 1. The highest BCUT2D eigenvalue weighted by Crippen LogP contribution is 2.21. The molecular formula is C11H15N3O2S. The summed E-state index contributed by atoms with van der Waals surface area (Å²) in [4.78, 5) is 29.1. The van der Waals surface area contributed by atoms with Crippen molar-refractivity contribution in [2.45, 2.75) is 32.7 Å². The first kappa shape index (κ1) is 12.0. The van der Waals surface area contributed by atoms with Crippen molar-refractivity contribution in [1.82, 2.24) is 9.88 Å². The number of carbonyl (C=O) groups is 2. The lowest BCUT2D eigenvalue weighted by Gasteiger charge is -2.13. The van der Waals surface area contributed by atoms with Gasteiger partial charge in [-0.3, -0.25) is 14.5 Å². The van der Waals surface area contributed by atoms with Crippen LogP contribution in [0.5, 0.6) is 0 Å². The lowest BCUT2D eigenvalue weighted by molar-refractivity contribution is -0.138. The van der Waals surface area contributed by atoms with Gasteiger partial charge in [0.1, 0.15) is 6.04 Å². The Morgan fingerprint density at radius 2 is 2.35 bits per heavy atom. The maximum absolute atomic E-state index is 11.9. The summed E-state index contributed by atoms with van der Waals surface area (Å²) in [6.45, 7) is 4.35. The number of nitrogens with one attached hydrogen (secondary N) is 1. The van der Waals surface area contributed by atoms with E-state index in [9.17, 15) is 9.59 Å². The topological polar surface area (TPSA) is 62.3 Å². The van der Waals surface area contributed by atoms with Crippen LogP contribution in [0.3, 0.4) is 0 Å². The number of hydrogen-bond acceptors (Lipinski definition) is 5. The number of amides is 2. The van der Waals surface area contributed by atoms with Crippen LogP contribution in [0.4, 0.5) is 5.13 Å². The van der Waals surface area contributed by atoms with E-state index in [1.165, 1.54) is 16.2 Å². The third-order valence-corrected chi connectivity index (χ3v) is 3.50. The summed E-state index contributed by atoms with van der Waals surface area (Å²) in [5.41, 5.74) is 0.916. The van der Waals surface area contributed by atoms with Gasteiger partial charge < -0.3 is 5.32 Å². The smallest absolute Gasteiger partial charge is 0.252 e. The van der Waals surface area contributed by atoms with E-state index in [0.29, 0.717) is 11.7 Å². The molecule has 1 unspecified atom stereocenters. The van der Waals surface area contributed by atoms with Gasteiger partial charge in [0.2, 0.25) is 5.91 Å². The van der Waals surface area contributed by atoms with Gasteiger partial charge in [-0.05, 0) is 13.3 Å². The Hall–Kier alpha value is -1.43. The van der Waals surface area contributed by atoms with Gasteiger partial charge in [-0.1, -0.05) is 6.92 Å². The van der Waals surface area contributed by atoms with Crippen LogP contribution < -0.4 is 5.32 Å². The van der Waals surface area contributed by atoms with Crippen LogP contribution in [0.1, 0.15) is 25.5 Å². The van der Waals surface area contributed by atoms with E-state index in [1.54, 1.807) is 0 Å². The molecule has 0 bridgehead atoms. The molecule has 1 N–H and O–H groups in total. The highest BCUT2D eigenvalue weighted by atomic mass is 32.1. The van der Waals surface area contributed by atoms with Crippen LogP contribution in [-0.4, -0.2) is 34.3 Å². The molecule has 1 aromatic heterocycles. The van der Waals surface area contributed by atoms with E-state index < -0.39 is 6.04 Å². The summed E-state index contributed by atoms with van der Waals surface area (Å²) < 4.78 is 0. The molecule has 0 radical (unpaired) electrons. The van der Waals surface area contributed by atoms with Crippen molar-refractivity contribution < 1.29 is 9.59 Å². The molecule has 5 nitrogen and oxygen atoms in total. The summed E-state index contributed by atoms with van der Waals surface area (Å²) in [5, 5.41) is 5.64. The van der Waals surface area contributed by atoms with Crippen molar-refractivity contribution in [2.24, 2.45) is 0 Å². The number of hydrogen-bond donors (Lipinski definition) is 1. The minimum atomic E-state index is -0.445. The van der Waals surface area contributed by atoms with Gasteiger partial charge in [0.25, 0.3) is 5.91 Å². The van der Waals surface area contributed by atoms with Crippen LogP contribution in [0.15, 0.2) is 5.38 Å². The minimum Gasteiger partial charge on any atom is -0.349 e. The largest absolute Gasteiger partial charge is 0.349 e. The maximum Gasteiger partial charge on any atom is 0.252 e. The normalized spacial score (nSPS) is 20.1. The van der Waals surface area contributed by atoms with Gasteiger partial charge in [0.15, 0.2) is 5.13 Å². The molecule has 1 fully saturated rings. The molecular weight excluding hydrogens is 238 g/mol. The van der Waals surface area contributed by atoms with Gasteiger partial charge in [-0.2, -0.15) is 0 Å². The third-order valence-electron chi connectivity index (χ3n) is 2.61. The molecule has 2 amide bonds. The fraction of sp³-hybridized carbons (Fsp3) is 0.545. The van der Waals surface area contributed by atoms with Crippen molar-refractivity contribution >= 4 is 28.3 Å². The maximum atomic E-state index is 11.9. The fourth-order valence-corrected chi connectivity index (χ4v) is 2.57. The van der Waals surface area contributed by atoms with Gasteiger partial charge >= 0.3 is 0 Å². The molecule has 0 aromatic carbocycles. The predicted molar refractivity (Wildman–Crippen MR) is 65.9 cm³/mol. The molecule has 1 aliphatic rings. The number of nitrogens with zero attached hydrogens (tertiary/aromatic N) is 2. The number of aromatic nitrogens is 1. The van der Waals surface area contributed by atoms with E-state index in [2.05, 4.69) is 10.3 Å². The molecule has 92 valence electrons. The first-order valence-corrected chi connectivity index (χ1v) is 6.52. The fourth-order valence-electron chi connectivity index (χ4n) is 1.82. The average molecular weight is 253 g/mol. The van der Waals surface area contributed by atoms with Crippen LogP contribution in [0, 0.1) is 6.92 Å². The van der Waals surface area contributed by atoms with Crippen molar-refractivity contribution in [1.29, 1.82) is 0 Å². The quantitative estimate of drug-likeness (QED) is 0.824. The van der Waals surface area contributed by atoms with E-state index in [-0.39, 0.29) is 18.2 Å². The zero-order valence-electron chi connectivity index (χ0n) is 9.90. The highest BCUT2D eigenvalue weighted by Gasteiger charge is 2.38. The highest BCUT2D eigenvalue weighted by molar-refractivity contribution is 7.13. The van der Waals surface area contributed by atoms with Crippen molar-refractivity contribution in [2.75, 3.05) is 11.9 Å². The molecule has 0 spiro atoms. The Balaban J connectivity index is 2.04. The van der Waals surface area contributed by atoms with E-state index >= 15 is 0 Å². The standard InChI is InChI=1S/C11H15N3O2S/c1-3-4-14-9(15)5-8(10(14)16)13-11-12-7(2)6-17-11/h6,8H,3-5H2,1-2H3,(H,12,13). The van der Waals surface area contributed by atoms with Crippen molar-refractivity contribution in [3.05, 3.63) is 11.1 Å². The van der Waals surface area contributed by atoms with Gasteiger partial charge in [0, 0.05) is 11.9 Å². The van der Waals surface area contributed by atoms with E-state index in [0.717, 1.165) is 12.1 Å². The van der Waals surface area contributed by atoms with Crippen molar-refractivity contribution in [3.8, 4) is 0 Å². The van der Waals surface area contributed by atoms with Crippen LogP contribution in [0.25, 0.3) is 0 Å². The second-order valence-corrected chi connectivity index (χ2v) is 4.94. The molecule has 1 aliphatic heterocycles. The molecule has 1 atom stereocenters. The lowest BCUT2D eigenvalue weighted by atomic mass is 10.2. The Bertz CT molecular complexity index is 444. The Kier molecular flexibility index (Phi) is 3.42. The molecule has 1 aromatic rings. The Labute approximate surface area is 104 Å². The predicted octanol–water partition coefficient (Wildman–Crippen LogP) is 1.40. The Morgan fingerprint density at radius 1 is 1.59 bits per heavy atom. The average Bonchev–Trinajstić information content (AvgIpc) is 2.79.